The molecule has 1 aromatic heterocycles. The number of ketones is 3. The molecule has 2 aromatic rings. The lowest BCUT2D eigenvalue weighted by atomic mass is 9.90. The van der Waals surface area contributed by atoms with E-state index in [0.29, 0.717) is 16.5 Å². The summed E-state index contributed by atoms with van der Waals surface area (Å²) in [6.07, 6.45) is -0.420. The molecular weight excluding hydrogens is 666 g/mol. The Morgan fingerprint density at radius 2 is 1.89 bits per heavy atom. The fraction of sp³-hybridized carbons (Fsp3) is 0.500. The highest BCUT2D eigenvalue weighted by atomic mass is 35.5. The van der Waals surface area contributed by atoms with Gasteiger partial charge in [0.15, 0.2) is 34.0 Å². The average Bonchev–Trinajstić information content (AvgIpc) is 3.72. The normalized spacial score (nSPS) is 24.6. The molecule has 5 atom stereocenters. The summed E-state index contributed by atoms with van der Waals surface area (Å²) in [6.45, 7) is 10.2. The summed E-state index contributed by atoms with van der Waals surface area (Å²) >= 11 is 8.92. The van der Waals surface area contributed by atoms with Crippen LogP contribution in [-0.4, -0.2) is 91.0 Å². The number of β-lactam (4-membered cyclic amide) rings is 1. The Morgan fingerprint density at radius 3 is 2.51 bits per heavy atom. The minimum Gasteiger partial charge on any atom is -0.384 e. The molecule has 1 N–H and O–H groups in total. The maximum atomic E-state index is 13.7. The zero-order valence-electron chi connectivity index (χ0n) is 26.9. The van der Waals surface area contributed by atoms with Crippen molar-refractivity contribution in [3.05, 3.63) is 49.9 Å². The van der Waals surface area contributed by atoms with Crippen LogP contribution in [0, 0.1) is 26.7 Å². The molecular formula is C32H36ClN5O7S2. The monoisotopic (exact) mass is 701 g/mol. The standard InChI is InChI=1S/C32H36ClN5O7S2/c1-7-25(17(4)39)45-36-27(23-13-46-19(6)34-23)24(41)12-21-29(43)37-14-32(18(5)40,47-31(21)37)38-11-10-22(30(38)44)35-28(42)20-9-8-15(2)16(3)26(20)33/h8-9,13,21-22,25,31H,7,10-12,14H2,1-6H3,(H,35,42)/b36-27-/t21-,22?,25?,31?,32-/m1/s1. The van der Waals surface area contributed by atoms with Crippen molar-refractivity contribution in [1.29, 1.82) is 0 Å². The van der Waals surface area contributed by atoms with Crippen LogP contribution in [0.2, 0.25) is 5.02 Å². The summed E-state index contributed by atoms with van der Waals surface area (Å²) in [5.41, 5.74) is 2.16. The fourth-order valence-corrected chi connectivity index (χ4v) is 8.69. The summed E-state index contributed by atoms with van der Waals surface area (Å²) in [5, 5.41) is 8.94. The van der Waals surface area contributed by atoms with Gasteiger partial charge in [-0.3, -0.25) is 28.8 Å². The van der Waals surface area contributed by atoms with Crippen LogP contribution >= 0.6 is 34.7 Å². The second-order valence-electron chi connectivity index (χ2n) is 12.0. The third-order valence-corrected chi connectivity index (χ3v) is 12.1. The second-order valence-corrected chi connectivity index (χ2v) is 14.9. The van der Waals surface area contributed by atoms with Crippen molar-refractivity contribution in [3.8, 4) is 0 Å². The molecule has 250 valence electrons. The summed E-state index contributed by atoms with van der Waals surface area (Å²) in [5.74, 6) is -3.04. The Balaban J connectivity index is 1.31. The Labute approximate surface area is 285 Å². The van der Waals surface area contributed by atoms with Crippen molar-refractivity contribution in [2.45, 2.75) is 83.2 Å². The molecule has 15 heteroatoms. The van der Waals surface area contributed by atoms with E-state index < -0.39 is 45.9 Å². The number of carbonyl (C=O) groups is 6. The first kappa shape index (κ1) is 34.7. The fourth-order valence-electron chi connectivity index (χ4n) is 6.03. The van der Waals surface area contributed by atoms with Gasteiger partial charge in [-0.05, 0) is 64.7 Å². The highest BCUT2D eigenvalue weighted by Crippen LogP contribution is 2.53. The predicted molar refractivity (Wildman–Crippen MR) is 177 cm³/mol. The van der Waals surface area contributed by atoms with Crippen molar-refractivity contribution in [2.24, 2.45) is 11.1 Å². The van der Waals surface area contributed by atoms with E-state index >= 15 is 0 Å². The molecule has 47 heavy (non-hydrogen) atoms. The van der Waals surface area contributed by atoms with E-state index in [1.165, 1.54) is 46.7 Å². The molecule has 0 spiro atoms. The number of fused-ring (bicyclic) bond motifs is 1. The number of thioether (sulfide) groups is 1. The van der Waals surface area contributed by atoms with Gasteiger partial charge in [-0.2, -0.15) is 0 Å². The number of nitrogens with zero attached hydrogens (tertiary/aromatic N) is 4. The Hall–Kier alpha value is -3.62. The number of carbonyl (C=O) groups excluding carboxylic acids is 6. The molecule has 0 bridgehead atoms. The van der Waals surface area contributed by atoms with Gasteiger partial charge in [-0.25, -0.2) is 4.98 Å². The first-order chi connectivity index (χ1) is 22.2. The van der Waals surface area contributed by atoms with Crippen molar-refractivity contribution < 1.29 is 33.6 Å². The molecule has 1 aromatic carbocycles. The van der Waals surface area contributed by atoms with E-state index in [9.17, 15) is 28.8 Å². The zero-order valence-corrected chi connectivity index (χ0v) is 29.3. The number of hydrogen-bond acceptors (Lipinski definition) is 11. The number of amides is 3. The molecule has 4 heterocycles. The van der Waals surface area contributed by atoms with E-state index in [0.717, 1.165) is 11.1 Å². The molecule has 0 aliphatic carbocycles. The maximum Gasteiger partial charge on any atom is 0.253 e. The van der Waals surface area contributed by atoms with Crippen LogP contribution < -0.4 is 5.32 Å². The number of nitrogens with one attached hydrogen (secondary N) is 1. The van der Waals surface area contributed by atoms with Gasteiger partial charge in [0, 0.05) is 18.3 Å². The largest absolute Gasteiger partial charge is 0.384 e. The summed E-state index contributed by atoms with van der Waals surface area (Å²) in [6, 6.07) is 2.53. The first-order valence-electron chi connectivity index (χ1n) is 15.3. The average molecular weight is 702 g/mol. The van der Waals surface area contributed by atoms with Gasteiger partial charge >= 0.3 is 0 Å². The van der Waals surface area contributed by atoms with Crippen LogP contribution in [-0.2, 0) is 28.8 Å². The number of rotatable bonds is 12. The molecule has 3 saturated heterocycles. The number of thiazole rings is 1. The number of Topliss-reactive ketones (excluding diaryl/α,β-unsaturated/α-hetero) is 3. The first-order valence-corrected chi connectivity index (χ1v) is 17.4. The molecule has 5 rings (SSSR count). The Kier molecular flexibility index (Phi) is 9.95. The number of aromatic nitrogens is 1. The predicted octanol–water partition coefficient (Wildman–Crippen LogP) is 3.62. The van der Waals surface area contributed by atoms with E-state index in [-0.39, 0.29) is 60.4 Å². The molecule has 3 aliphatic rings. The number of hydrogen-bond donors (Lipinski definition) is 1. The number of benzene rings is 1. The molecule has 3 unspecified atom stereocenters. The van der Waals surface area contributed by atoms with Crippen molar-refractivity contribution >= 4 is 75.5 Å². The molecule has 12 nitrogen and oxygen atoms in total. The highest BCUT2D eigenvalue weighted by Gasteiger charge is 2.64. The third-order valence-electron chi connectivity index (χ3n) is 8.98. The van der Waals surface area contributed by atoms with Gasteiger partial charge in [0.2, 0.25) is 11.8 Å². The number of halogens is 1. The lowest BCUT2D eigenvalue weighted by molar-refractivity contribution is -0.153. The second kappa shape index (κ2) is 13.5. The quantitative estimate of drug-likeness (QED) is 0.199. The lowest BCUT2D eigenvalue weighted by Crippen LogP contribution is -2.59. The molecule has 3 fully saturated rings. The number of likely N-dealkylation sites (tertiary alicyclic amines) is 1. The van der Waals surface area contributed by atoms with E-state index in [2.05, 4.69) is 15.5 Å². The zero-order chi connectivity index (χ0) is 34.4. The van der Waals surface area contributed by atoms with Crippen LogP contribution in [0.5, 0.6) is 0 Å². The molecule has 0 saturated carbocycles. The minimum absolute atomic E-state index is 0.0251. The van der Waals surface area contributed by atoms with Crippen molar-refractivity contribution in [2.75, 3.05) is 13.1 Å². The SMILES string of the molecule is CCC(O/N=C(\C(=O)C[C@@H]1C(=O)N2C[C@@](C(C)=O)(N3CCC(NC(=O)c4ccc(C)c(C)c4Cl)C3=O)SC12)c1csc(C)n1)C(C)=O. The van der Waals surface area contributed by atoms with E-state index in [1.54, 1.807) is 31.4 Å². The topological polar surface area (TPSA) is 155 Å². The van der Waals surface area contributed by atoms with Crippen molar-refractivity contribution in [1.82, 2.24) is 20.1 Å². The van der Waals surface area contributed by atoms with Gasteiger partial charge < -0.3 is 20.0 Å². The van der Waals surface area contributed by atoms with Crippen LogP contribution in [0.25, 0.3) is 0 Å². The van der Waals surface area contributed by atoms with Crippen LogP contribution in [0.1, 0.15) is 72.2 Å². The molecule has 3 amide bonds. The number of oxime groups is 1. The molecule has 3 aliphatic heterocycles. The summed E-state index contributed by atoms with van der Waals surface area (Å²) in [7, 11) is 0. The van der Waals surface area contributed by atoms with E-state index in [4.69, 9.17) is 16.4 Å². The Morgan fingerprint density at radius 1 is 1.17 bits per heavy atom. The van der Waals surface area contributed by atoms with Gasteiger partial charge in [-0.15, -0.1) is 11.3 Å². The highest BCUT2D eigenvalue weighted by molar-refractivity contribution is 8.02. The van der Waals surface area contributed by atoms with Crippen molar-refractivity contribution in [3.63, 3.8) is 0 Å². The summed E-state index contributed by atoms with van der Waals surface area (Å²) < 4.78 is 0. The van der Waals surface area contributed by atoms with Gasteiger partial charge in [0.25, 0.3) is 5.91 Å². The van der Waals surface area contributed by atoms with E-state index in [1.807, 2.05) is 13.8 Å². The van der Waals surface area contributed by atoms with Gasteiger partial charge in [-0.1, -0.05) is 41.5 Å². The number of aryl methyl sites for hydroxylation is 2. The van der Waals surface area contributed by atoms with Gasteiger partial charge in [0.1, 0.15) is 11.7 Å². The minimum atomic E-state index is -1.37. The van der Waals surface area contributed by atoms with Crippen LogP contribution in [0.4, 0.5) is 0 Å². The van der Waals surface area contributed by atoms with Crippen LogP contribution in [0.3, 0.4) is 0 Å². The maximum absolute atomic E-state index is 13.7. The smallest absolute Gasteiger partial charge is 0.253 e. The van der Waals surface area contributed by atoms with Gasteiger partial charge in [0.05, 0.1) is 33.4 Å². The summed E-state index contributed by atoms with van der Waals surface area (Å²) in [4.78, 5) is 90.3. The third kappa shape index (κ3) is 6.34. The Bertz CT molecular complexity index is 1710. The van der Waals surface area contributed by atoms with Crippen LogP contribution in [0.15, 0.2) is 22.7 Å². The molecule has 0 radical (unpaired) electrons. The lowest BCUT2D eigenvalue weighted by Gasteiger charge is -2.41.